The molecule has 0 aromatic carbocycles. The van der Waals surface area contributed by atoms with Crippen molar-refractivity contribution in [3.8, 4) is 0 Å². The van der Waals surface area contributed by atoms with Gasteiger partial charge in [0, 0.05) is 24.9 Å². The predicted molar refractivity (Wildman–Crippen MR) is 66.6 cm³/mol. The van der Waals surface area contributed by atoms with E-state index >= 15 is 0 Å². The highest BCUT2D eigenvalue weighted by Gasteiger charge is 2.34. The molecule has 0 amide bonds. The Hall–Kier alpha value is -0.170. The molecule has 0 saturated carbocycles. The first kappa shape index (κ1) is 13.3. The number of nitrogens with zero attached hydrogens (tertiary/aromatic N) is 1. The van der Waals surface area contributed by atoms with Crippen LogP contribution in [0.3, 0.4) is 0 Å². The number of ether oxygens (including phenoxy) is 1. The molecule has 0 spiro atoms. The largest absolute Gasteiger partial charge is 0.374 e. The quantitative estimate of drug-likeness (QED) is 0.747. The Balaban J connectivity index is 1.82. The maximum atomic E-state index is 11.1. The molecule has 2 fully saturated rings. The number of hydrogen-bond acceptors (Lipinski definition) is 5. The highest BCUT2D eigenvalue weighted by atomic mass is 32.2. The van der Waals surface area contributed by atoms with Gasteiger partial charge < -0.3 is 10.5 Å². The minimum absolute atomic E-state index is 0.00824. The van der Waals surface area contributed by atoms with E-state index in [1.165, 1.54) is 19.1 Å². The molecule has 0 aliphatic carbocycles. The lowest BCUT2D eigenvalue weighted by Gasteiger charge is -2.37. The molecule has 2 rings (SSSR count). The van der Waals surface area contributed by atoms with Crippen LogP contribution < -0.4 is 5.73 Å². The molecule has 2 heterocycles. The lowest BCUT2D eigenvalue weighted by molar-refractivity contribution is -0.0593. The number of hydrogen-bond donors (Lipinski definition) is 1. The van der Waals surface area contributed by atoms with Gasteiger partial charge in [-0.3, -0.25) is 4.90 Å². The summed E-state index contributed by atoms with van der Waals surface area (Å²) >= 11 is 0. The third kappa shape index (κ3) is 3.64. The Morgan fingerprint density at radius 2 is 2.29 bits per heavy atom. The third-order valence-corrected chi connectivity index (χ3v) is 4.69. The lowest BCUT2D eigenvalue weighted by Crippen LogP contribution is -2.53. The maximum absolute atomic E-state index is 11.1. The van der Waals surface area contributed by atoms with Gasteiger partial charge in [-0.2, -0.15) is 0 Å². The van der Waals surface area contributed by atoms with Crippen molar-refractivity contribution in [1.82, 2.24) is 4.90 Å². The summed E-state index contributed by atoms with van der Waals surface area (Å²) in [6.07, 6.45) is 4.18. The van der Waals surface area contributed by atoms with Crippen molar-refractivity contribution in [2.24, 2.45) is 5.73 Å². The second-order valence-electron chi connectivity index (χ2n) is 5.25. The van der Waals surface area contributed by atoms with Crippen molar-refractivity contribution in [2.45, 2.75) is 37.5 Å². The molecule has 100 valence electrons. The molecule has 2 aliphatic heterocycles. The molecule has 3 atom stereocenters. The van der Waals surface area contributed by atoms with Gasteiger partial charge in [0.15, 0.2) is 0 Å². The molecule has 2 aliphatic rings. The van der Waals surface area contributed by atoms with Gasteiger partial charge in [0.05, 0.1) is 18.5 Å². The molecule has 3 unspecified atom stereocenters. The molecule has 0 aromatic heterocycles. The van der Waals surface area contributed by atoms with Crippen LogP contribution in [-0.4, -0.2) is 63.2 Å². The van der Waals surface area contributed by atoms with Crippen molar-refractivity contribution >= 4 is 9.84 Å². The molecular formula is C11H22N2O3S. The molecule has 2 N–H and O–H groups in total. The van der Waals surface area contributed by atoms with E-state index in [1.807, 2.05) is 0 Å². The van der Waals surface area contributed by atoms with Crippen LogP contribution in [0, 0.1) is 0 Å². The van der Waals surface area contributed by atoms with E-state index in [0.29, 0.717) is 12.5 Å². The van der Waals surface area contributed by atoms with Crippen LogP contribution in [-0.2, 0) is 14.6 Å². The second-order valence-corrected chi connectivity index (χ2v) is 7.50. The maximum Gasteiger partial charge on any atom is 0.147 e. The number of morpholine rings is 1. The SMILES string of the molecule is CS(=O)(=O)CCC(N)C1CN2CCCC2CO1. The Bertz CT molecular complexity index is 358. The average Bonchev–Trinajstić information content (AvgIpc) is 2.71. The van der Waals surface area contributed by atoms with Gasteiger partial charge in [-0.05, 0) is 25.8 Å². The fraction of sp³-hybridized carbons (Fsp3) is 1.00. The zero-order chi connectivity index (χ0) is 12.5. The van der Waals surface area contributed by atoms with E-state index in [9.17, 15) is 8.42 Å². The summed E-state index contributed by atoms with van der Waals surface area (Å²) in [5.41, 5.74) is 6.02. The second kappa shape index (κ2) is 5.22. The molecule has 5 nitrogen and oxygen atoms in total. The van der Waals surface area contributed by atoms with Crippen LogP contribution in [0.5, 0.6) is 0 Å². The molecule has 0 aromatic rings. The van der Waals surface area contributed by atoms with Gasteiger partial charge in [-0.25, -0.2) is 8.42 Å². The number of sulfone groups is 1. The van der Waals surface area contributed by atoms with Crippen molar-refractivity contribution in [3.63, 3.8) is 0 Å². The van der Waals surface area contributed by atoms with Gasteiger partial charge in [0.2, 0.25) is 0 Å². The number of nitrogens with two attached hydrogens (primary N) is 1. The first-order valence-corrected chi connectivity index (χ1v) is 8.31. The topological polar surface area (TPSA) is 72.6 Å². The number of fused-ring (bicyclic) bond motifs is 1. The highest BCUT2D eigenvalue weighted by molar-refractivity contribution is 7.90. The minimum atomic E-state index is -2.92. The summed E-state index contributed by atoms with van der Waals surface area (Å²) < 4.78 is 27.9. The van der Waals surface area contributed by atoms with Gasteiger partial charge >= 0.3 is 0 Å². The van der Waals surface area contributed by atoms with E-state index in [4.69, 9.17) is 10.5 Å². The van der Waals surface area contributed by atoms with Crippen molar-refractivity contribution in [1.29, 1.82) is 0 Å². The van der Waals surface area contributed by atoms with Crippen molar-refractivity contribution < 1.29 is 13.2 Å². The van der Waals surface area contributed by atoms with Gasteiger partial charge in [-0.1, -0.05) is 0 Å². The summed E-state index contributed by atoms with van der Waals surface area (Å²) in [4.78, 5) is 2.43. The minimum Gasteiger partial charge on any atom is -0.374 e. The van der Waals surface area contributed by atoms with E-state index in [1.54, 1.807) is 0 Å². The zero-order valence-electron chi connectivity index (χ0n) is 10.3. The van der Waals surface area contributed by atoms with E-state index in [0.717, 1.165) is 19.7 Å². The molecule has 6 heteroatoms. The summed E-state index contributed by atoms with van der Waals surface area (Å²) in [5.74, 6) is 0.150. The fourth-order valence-electron chi connectivity index (χ4n) is 2.64. The van der Waals surface area contributed by atoms with E-state index in [-0.39, 0.29) is 17.9 Å². The van der Waals surface area contributed by atoms with Crippen LogP contribution in [0.15, 0.2) is 0 Å². The van der Waals surface area contributed by atoms with Crippen LogP contribution >= 0.6 is 0 Å². The lowest BCUT2D eigenvalue weighted by atomic mass is 10.1. The van der Waals surface area contributed by atoms with Gasteiger partial charge in [0.25, 0.3) is 0 Å². The van der Waals surface area contributed by atoms with Crippen LogP contribution in [0.25, 0.3) is 0 Å². The average molecular weight is 262 g/mol. The Morgan fingerprint density at radius 1 is 1.53 bits per heavy atom. The Kier molecular flexibility index (Phi) is 4.07. The Labute approximate surface area is 103 Å². The molecule has 17 heavy (non-hydrogen) atoms. The summed E-state index contributed by atoms with van der Waals surface area (Å²) in [7, 11) is -2.92. The monoisotopic (exact) mass is 262 g/mol. The fourth-order valence-corrected chi connectivity index (χ4v) is 3.34. The summed E-state index contributed by atoms with van der Waals surface area (Å²) in [6.45, 7) is 2.73. The van der Waals surface area contributed by atoms with E-state index in [2.05, 4.69) is 4.90 Å². The molecule has 0 bridgehead atoms. The van der Waals surface area contributed by atoms with Crippen LogP contribution in [0.2, 0.25) is 0 Å². The Morgan fingerprint density at radius 3 is 3.00 bits per heavy atom. The van der Waals surface area contributed by atoms with E-state index < -0.39 is 9.84 Å². The highest BCUT2D eigenvalue weighted by Crippen LogP contribution is 2.23. The predicted octanol–water partition coefficient (Wildman–Crippen LogP) is -0.388. The smallest absolute Gasteiger partial charge is 0.147 e. The number of rotatable bonds is 4. The van der Waals surface area contributed by atoms with Crippen LogP contribution in [0.4, 0.5) is 0 Å². The van der Waals surface area contributed by atoms with Gasteiger partial charge in [0.1, 0.15) is 9.84 Å². The third-order valence-electron chi connectivity index (χ3n) is 3.72. The van der Waals surface area contributed by atoms with Crippen LogP contribution in [0.1, 0.15) is 19.3 Å². The summed E-state index contributed by atoms with van der Waals surface area (Å²) in [6, 6.07) is 0.389. The molecule has 0 radical (unpaired) electrons. The molecule has 2 saturated heterocycles. The first-order chi connectivity index (χ1) is 7.96. The van der Waals surface area contributed by atoms with Crippen molar-refractivity contribution in [3.05, 3.63) is 0 Å². The zero-order valence-corrected chi connectivity index (χ0v) is 11.2. The normalized spacial score (nSPS) is 32.4. The first-order valence-electron chi connectivity index (χ1n) is 6.24. The summed E-state index contributed by atoms with van der Waals surface area (Å²) in [5, 5.41) is 0. The standard InChI is InChI=1S/C11H22N2O3S/c1-17(14,15)6-4-10(12)11-7-13-5-2-3-9(13)8-16-11/h9-11H,2-8,12H2,1H3. The van der Waals surface area contributed by atoms with Gasteiger partial charge in [-0.15, -0.1) is 0 Å². The van der Waals surface area contributed by atoms with Crippen molar-refractivity contribution in [2.75, 3.05) is 31.7 Å². The molecular weight excluding hydrogens is 240 g/mol.